The van der Waals surface area contributed by atoms with Crippen LogP contribution in [0.15, 0.2) is 0 Å². The summed E-state index contributed by atoms with van der Waals surface area (Å²) in [6.45, 7) is 5.42. The van der Waals surface area contributed by atoms with Crippen molar-refractivity contribution in [1.29, 1.82) is 0 Å². The molecule has 16 heavy (non-hydrogen) atoms. The quantitative estimate of drug-likeness (QED) is 0.577. The molecule has 6 heteroatoms. The molecule has 0 fully saturated rings. The molecule has 0 saturated heterocycles. The zero-order valence-corrected chi connectivity index (χ0v) is 10.0. The lowest BCUT2D eigenvalue weighted by molar-refractivity contribution is -0.144. The van der Waals surface area contributed by atoms with E-state index in [4.69, 9.17) is 5.11 Å². The third-order valence-electron chi connectivity index (χ3n) is 2.77. The Kier molecular flexibility index (Phi) is 6.48. The molecule has 0 aromatic heterocycles. The number of nitrogens with one attached hydrogen (secondary N) is 2. The maximum absolute atomic E-state index is 11.4. The van der Waals surface area contributed by atoms with Crippen LogP contribution < -0.4 is 10.8 Å². The van der Waals surface area contributed by atoms with E-state index >= 15 is 0 Å². The number of rotatable bonds is 7. The summed E-state index contributed by atoms with van der Waals surface area (Å²) in [6, 6.07) is -0.508. The second-order valence-corrected chi connectivity index (χ2v) is 3.58. The molecule has 0 atom stereocenters. The Morgan fingerprint density at radius 1 is 1.19 bits per heavy atom. The first kappa shape index (κ1) is 14.7. The smallest absolute Gasteiger partial charge is 0.339 e. The Morgan fingerprint density at radius 2 is 1.69 bits per heavy atom. The van der Waals surface area contributed by atoms with Gasteiger partial charge in [-0.15, -0.1) is 0 Å². The average molecular weight is 232 g/mol. The van der Waals surface area contributed by atoms with Crippen molar-refractivity contribution in [3.05, 3.63) is 0 Å². The Balaban J connectivity index is 4.05. The number of hydrogen-bond acceptors (Lipinski definition) is 3. The number of hydrogen-bond donors (Lipinski definition) is 3. The molecule has 0 aliphatic heterocycles. The fourth-order valence-corrected chi connectivity index (χ4v) is 1.44. The molecule has 0 heterocycles. The first-order chi connectivity index (χ1) is 7.49. The molecule has 2 amide bonds. The summed E-state index contributed by atoms with van der Waals surface area (Å²) in [5.41, 5.74) is 1.79. The van der Waals surface area contributed by atoms with E-state index in [0.717, 1.165) is 19.3 Å². The molecule has 0 saturated carbocycles. The number of carboxylic acid groups (broad SMARTS) is 1. The minimum Gasteiger partial charge on any atom is -0.479 e. The Hall–Kier alpha value is -1.30. The number of amides is 2. The van der Waals surface area contributed by atoms with Gasteiger partial charge in [0, 0.05) is 5.54 Å². The maximum Gasteiger partial charge on any atom is 0.339 e. The molecule has 94 valence electrons. The molecule has 0 aliphatic carbocycles. The topological polar surface area (TPSA) is 87.7 Å². The number of carbonyl (C=O) groups is 2. The van der Waals surface area contributed by atoms with Gasteiger partial charge in [0.05, 0.1) is 0 Å². The lowest BCUT2D eigenvalue weighted by Gasteiger charge is -2.31. The SMILES string of the molecule is CCC(CC)(CC)NC(=O)NOCC(=O)O. The highest BCUT2D eigenvalue weighted by Gasteiger charge is 2.25. The molecule has 0 aromatic rings. The van der Waals surface area contributed by atoms with Gasteiger partial charge in [0.1, 0.15) is 0 Å². The summed E-state index contributed by atoms with van der Waals surface area (Å²) in [6.07, 6.45) is 2.44. The van der Waals surface area contributed by atoms with Crippen LogP contribution in [-0.2, 0) is 9.63 Å². The molecule has 0 aliphatic rings. The molecule has 0 aromatic carbocycles. The molecule has 0 radical (unpaired) electrons. The summed E-state index contributed by atoms with van der Waals surface area (Å²) in [4.78, 5) is 26.0. The summed E-state index contributed by atoms with van der Waals surface area (Å²) >= 11 is 0. The standard InChI is InChI=1S/C10H20N2O4/c1-4-10(5-2,6-3)11-9(15)12-16-7-8(13)14/h4-7H2,1-3H3,(H,13,14)(H2,11,12,15). The largest absolute Gasteiger partial charge is 0.479 e. The van der Waals surface area contributed by atoms with Crippen molar-refractivity contribution in [3.63, 3.8) is 0 Å². The minimum atomic E-state index is -1.13. The number of carboxylic acids is 1. The number of carbonyl (C=O) groups excluding carboxylic acids is 1. The molecule has 0 unspecified atom stereocenters. The predicted octanol–water partition coefficient (Wildman–Crippen LogP) is 1.27. The van der Waals surface area contributed by atoms with Gasteiger partial charge in [-0.2, -0.15) is 0 Å². The third-order valence-corrected chi connectivity index (χ3v) is 2.77. The van der Waals surface area contributed by atoms with Gasteiger partial charge in [-0.1, -0.05) is 20.8 Å². The fraction of sp³-hybridized carbons (Fsp3) is 0.800. The normalized spacial score (nSPS) is 10.9. The minimum absolute atomic E-state index is 0.253. The van der Waals surface area contributed by atoms with Crippen molar-refractivity contribution in [2.24, 2.45) is 0 Å². The van der Waals surface area contributed by atoms with Crippen molar-refractivity contribution in [2.45, 2.75) is 45.6 Å². The summed E-state index contributed by atoms with van der Waals surface area (Å²) < 4.78 is 0. The highest BCUT2D eigenvalue weighted by Crippen LogP contribution is 2.18. The van der Waals surface area contributed by atoms with E-state index in [1.807, 2.05) is 26.3 Å². The van der Waals surface area contributed by atoms with Gasteiger partial charge in [-0.3, -0.25) is 4.84 Å². The van der Waals surface area contributed by atoms with E-state index in [2.05, 4.69) is 10.2 Å². The van der Waals surface area contributed by atoms with E-state index < -0.39 is 18.6 Å². The van der Waals surface area contributed by atoms with Crippen molar-refractivity contribution in [3.8, 4) is 0 Å². The van der Waals surface area contributed by atoms with Crippen LogP contribution in [0.5, 0.6) is 0 Å². The van der Waals surface area contributed by atoms with Crippen molar-refractivity contribution in [1.82, 2.24) is 10.8 Å². The summed E-state index contributed by atoms with van der Waals surface area (Å²) in [7, 11) is 0. The zero-order valence-electron chi connectivity index (χ0n) is 10.0. The fourth-order valence-electron chi connectivity index (χ4n) is 1.44. The zero-order chi connectivity index (χ0) is 12.6. The summed E-state index contributed by atoms with van der Waals surface area (Å²) in [5.74, 6) is -1.13. The molecular formula is C10H20N2O4. The maximum atomic E-state index is 11.4. The first-order valence-electron chi connectivity index (χ1n) is 5.41. The highest BCUT2D eigenvalue weighted by atomic mass is 16.7. The van der Waals surface area contributed by atoms with Crippen molar-refractivity contribution < 1.29 is 19.5 Å². The van der Waals surface area contributed by atoms with Crippen LogP contribution in [0.25, 0.3) is 0 Å². The number of hydroxylamine groups is 1. The van der Waals surface area contributed by atoms with Crippen LogP contribution in [0.1, 0.15) is 40.0 Å². The Bertz CT molecular complexity index is 231. The molecule has 0 bridgehead atoms. The monoisotopic (exact) mass is 232 g/mol. The Labute approximate surface area is 95.3 Å². The molecule has 0 rings (SSSR count). The summed E-state index contributed by atoms with van der Waals surface area (Å²) in [5, 5.41) is 11.1. The van der Waals surface area contributed by atoms with Gasteiger partial charge >= 0.3 is 12.0 Å². The van der Waals surface area contributed by atoms with Gasteiger partial charge in [0.15, 0.2) is 6.61 Å². The predicted molar refractivity (Wildman–Crippen MR) is 58.9 cm³/mol. The van der Waals surface area contributed by atoms with E-state index in [9.17, 15) is 9.59 Å². The van der Waals surface area contributed by atoms with Gasteiger partial charge in [-0.05, 0) is 19.3 Å². The lowest BCUT2D eigenvalue weighted by atomic mass is 9.90. The molecule has 3 N–H and O–H groups in total. The van der Waals surface area contributed by atoms with Crippen LogP contribution in [0, 0.1) is 0 Å². The van der Waals surface area contributed by atoms with Crippen molar-refractivity contribution in [2.75, 3.05) is 6.61 Å². The van der Waals surface area contributed by atoms with E-state index in [1.54, 1.807) is 0 Å². The van der Waals surface area contributed by atoms with Gasteiger partial charge in [0.25, 0.3) is 0 Å². The van der Waals surface area contributed by atoms with Crippen molar-refractivity contribution >= 4 is 12.0 Å². The van der Waals surface area contributed by atoms with E-state index in [1.165, 1.54) is 0 Å². The third kappa shape index (κ3) is 4.97. The van der Waals surface area contributed by atoms with E-state index in [0.29, 0.717) is 0 Å². The van der Waals surface area contributed by atoms with Crippen LogP contribution >= 0.6 is 0 Å². The highest BCUT2D eigenvalue weighted by molar-refractivity contribution is 5.74. The van der Waals surface area contributed by atoms with Gasteiger partial charge in [0.2, 0.25) is 0 Å². The number of urea groups is 1. The van der Waals surface area contributed by atoms with Crippen LogP contribution in [0.4, 0.5) is 4.79 Å². The van der Waals surface area contributed by atoms with Gasteiger partial charge in [-0.25, -0.2) is 15.1 Å². The average Bonchev–Trinajstić information content (AvgIpc) is 2.25. The molecule has 0 spiro atoms. The lowest BCUT2D eigenvalue weighted by Crippen LogP contribution is -2.51. The van der Waals surface area contributed by atoms with E-state index in [-0.39, 0.29) is 5.54 Å². The first-order valence-corrected chi connectivity index (χ1v) is 5.41. The van der Waals surface area contributed by atoms with Crippen LogP contribution in [0.3, 0.4) is 0 Å². The molecule has 6 nitrogen and oxygen atoms in total. The van der Waals surface area contributed by atoms with Crippen LogP contribution in [0.2, 0.25) is 0 Å². The van der Waals surface area contributed by atoms with Crippen LogP contribution in [-0.4, -0.2) is 29.3 Å². The van der Waals surface area contributed by atoms with Gasteiger partial charge < -0.3 is 10.4 Å². The molecular weight excluding hydrogens is 212 g/mol. The number of aliphatic carboxylic acids is 1. The Morgan fingerprint density at radius 3 is 2.06 bits per heavy atom. The second kappa shape index (κ2) is 7.05. The second-order valence-electron chi connectivity index (χ2n) is 3.58.